The Hall–Kier alpha value is -3.95. The third-order valence-electron chi connectivity index (χ3n) is 5.94. The molecule has 0 bridgehead atoms. The topological polar surface area (TPSA) is 282 Å². The smallest absolute Gasteiger partial charge is 0.328 e. The number of amides is 3. The summed E-state index contributed by atoms with van der Waals surface area (Å²) in [6.07, 6.45) is 0.471. The third kappa shape index (κ3) is 12.7. The number of hydrogen-bond acceptors (Lipinski definition) is 9. The highest BCUT2D eigenvalue weighted by Gasteiger charge is 2.32. The lowest BCUT2D eigenvalue weighted by Crippen LogP contribution is -2.58. The number of phenols is 1. The minimum Gasteiger partial charge on any atom is -0.508 e. The lowest BCUT2D eigenvalue weighted by Gasteiger charge is -2.26. The van der Waals surface area contributed by atoms with Crippen molar-refractivity contribution in [2.75, 3.05) is 13.1 Å². The standard InChI is InChI=1S/C25H42N8O7/c1-14(34)20(24(39)40)33-23(38)19(13-15-7-9-16(35)10-8-15)32-22(37)18(6-2-3-11-26)31-21(36)17(27)5-4-12-30-25(28)29/h7-10,14,17-20,34-35H,2-6,11-13,26-27H2,1H3,(H,31,36)(H,32,37)(H,33,38)(H,39,40)(H4,28,29,30). The molecule has 0 aliphatic heterocycles. The number of hydrogen-bond donors (Lipinski definition) is 10. The minimum atomic E-state index is -1.62. The van der Waals surface area contributed by atoms with Crippen molar-refractivity contribution in [2.45, 2.75) is 75.7 Å². The SMILES string of the molecule is CC(O)C(NC(=O)C(Cc1ccc(O)cc1)NC(=O)C(CCCCN)NC(=O)C(N)CCCN=C(N)N)C(=O)O. The number of rotatable bonds is 18. The van der Waals surface area contributed by atoms with Crippen LogP contribution < -0.4 is 38.9 Å². The zero-order chi connectivity index (χ0) is 30.2. The lowest BCUT2D eigenvalue weighted by molar-refractivity contribution is -0.145. The van der Waals surface area contributed by atoms with Gasteiger partial charge in [-0.2, -0.15) is 0 Å². The number of aliphatic carboxylic acids is 1. The second-order valence-corrected chi connectivity index (χ2v) is 9.40. The van der Waals surface area contributed by atoms with E-state index in [1.165, 1.54) is 31.2 Å². The maximum absolute atomic E-state index is 13.3. The number of phenolic OH excluding ortho intramolecular Hbond substituents is 1. The highest BCUT2D eigenvalue weighted by atomic mass is 16.4. The molecular weight excluding hydrogens is 524 g/mol. The molecule has 0 radical (unpaired) electrons. The number of carbonyl (C=O) groups is 4. The molecule has 14 N–H and O–H groups in total. The van der Waals surface area contributed by atoms with Gasteiger partial charge in [0.05, 0.1) is 12.1 Å². The van der Waals surface area contributed by atoms with Gasteiger partial charge in [-0.25, -0.2) is 4.79 Å². The summed E-state index contributed by atoms with van der Waals surface area (Å²) in [6.45, 7) is 1.85. The van der Waals surface area contributed by atoms with Gasteiger partial charge in [0.25, 0.3) is 0 Å². The Kier molecular flexibility index (Phi) is 15.0. The van der Waals surface area contributed by atoms with Crippen LogP contribution in [0, 0.1) is 0 Å². The summed E-state index contributed by atoms with van der Waals surface area (Å²) in [5.41, 5.74) is 22.7. The minimum absolute atomic E-state index is 0.00819. The number of aromatic hydroxyl groups is 1. The normalized spacial score (nSPS) is 14.6. The van der Waals surface area contributed by atoms with E-state index < -0.39 is 54.0 Å². The number of carboxylic acids is 1. The Morgan fingerprint density at radius 2 is 1.50 bits per heavy atom. The predicted octanol–water partition coefficient (Wildman–Crippen LogP) is -2.64. The van der Waals surface area contributed by atoms with Gasteiger partial charge in [-0.05, 0) is 63.3 Å². The first-order valence-electron chi connectivity index (χ1n) is 13.0. The Labute approximate surface area is 232 Å². The van der Waals surface area contributed by atoms with Crippen LogP contribution in [0.15, 0.2) is 29.3 Å². The molecule has 0 aromatic heterocycles. The summed E-state index contributed by atoms with van der Waals surface area (Å²) in [5.74, 6) is -3.69. The van der Waals surface area contributed by atoms with E-state index in [0.717, 1.165) is 0 Å². The molecule has 15 heteroatoms. The van der Waals surface area contributed by atoms with E-state index in [9.17, 15) is 34.5 Å². The van der Waals surface area contributed by atoms with E-state index in [0.29, 0.717) is 31.4 Å². The molecular formula is C25H42N8O7. The van der Waals surface area contributed by atoms with Crippen molar-refractivity contribution in [3.8, 4) is 5.75 Å². The highest BCUT2D eigenvalue weighted by Crippen LogP contribution is 2.12. The van der Waals surface area contributed by atoms with Crippen LogP contribution in [0.5, 0.6) is 5.75 Å². The van der Waals surface area contributed by atoms with Crippen molar-refractivity contribution < 1.29 is 34.5 Å². The van der Waals surface area contributed by atoms with Gasteiger partial charge < -0.3 is 54.2 Å². The van der Waals surface area contributed by atoms with E-state index in [2.05, 4.69) is 20.9 Å². The number of nitrogens with one attached hydrogen (secondary N) is 3. The largest absolute Gasteiger partial charge is 0.508 e. The van der Waals surface area contributed by atoms with Gasteiger partial charge in [-0.15, -0.1) is 0 Å². The zero-order valence-corrected chi connectivity index (χ0v) is 22.6. The maximum Gasteiger partial charge on any atom is 0.328 e. The van der Waals surface area contributed by atoms with Crippen LogP contribution in [0.3, 0.4) is 0 Å². The number of carbonyl (C=O) groups excluding carboxylic acids is 3. The summed E-state index contributed by atoms with van der Waals surface area (Å²) in [5, 5.41) is 36.1. The quantitative estimate of drug-likeness (QED) is 0.0498. The molecule has 0 aliphatic rings. The van der Waals surface area contributed by atoms with Gasteiger partial charge in [0.1, 0.15) is 17.8 Å². The van der Waals surface area contributed by atoms with Crippen molar-refractivity contribution in [3.05, 3.63) is 29.8 Å². The molecule has 0 fully saturated rings. The Balaban J connectivity index is 3.08. The number of aliphatic imine (C=N–C) groups is 1. The number of aliphatic hydroxyl groups is 1. The molecule has 0 aliphatic carbocycles. The van der Waals surface area contributed by atoms with Crippen molar-refractivity contribution >= 4 is 29.7 Å². The fourth-order valence-electron chi connectivity index (χ4n) is 3.68. The Morgan fingerprint density at radius 3 is 2.05 bits per heavy atom. The number of carboxylic acid groups (broad SMARTS) is 1. The van der Waals surface area contributed by atoms with Gasteiger partial charge in [0.2, 0.25) is 17.7 Å². The maximum atomic E-state index is 13.3. The highest BCUT2D eigenvalue weighted by molar-refractivity contribution is 5.94. The van der Waals surface area contributed by atoms with Gasteiger partial charge in [-0.3, -0.25) is 19.4 Å². The van der Waals surface area contributed by atoms with Gasteiger partial charge in [-0.1, -0.05) is 12.1 Å². The first-order valence-corrected chi connectivity index (χ1v) is 13.0. The average molecular weight is 567 g/mol. The van der Waals surface area contributed by atoms with E-state index in [4.69, 9.17) is 22.9 Å². The molecule has 0 spiro atoms. The van der Waals surface area contributed by atoms with Crippen LogP contribution in [0.25, 0.3) is 0 Å². The van der Waals surface area contributed by atoms with Gasteiger partial charge in [0, 0.05) is 13.0 Å². The van der Waals surface area contributed by atoms with Crippen molar-refractivity contribution in [1.29, 1.82) is 0 Å². The van der Waals surface area contributed by atoms with Crippen molar-refractivity contribution in [3.63, 3.8) is 0 Å². The molecule has 1 aromatic rings. The van der Waals surface area contributed by atoms with E-state index in [1.807, 2.05) is 0 Å². The zero-order valence-electron chi connectivity index (χ0n) is 22.6. The summed E-state index contributed by atoms with van der Waals surface area (Å²) in [6, 6.07) is 0.949. The monoisotopic (exact) mass is 566 g/mol. The number of unbranched alkanes of at least 4 members (excludes halogenated alkanes) is 1. The van der Waals surface area contributed by atoms with Crippen molar-refractivity contribution in [1.82, 2.24) is 16.0 Å². The fourth-order valence-corrected chi connectivity index (χ4v) is 3.68. The molecule has 0 saturated heterocycles. The first kappa shape index (κ1) is 34.1. The molecule has 224 valence electrons. The van der Waals surface area contributed by atoms with Gasteiger partial charge in [0.15, 0.2) is 12.0 Å². The molecule has 15 nitrogen and oxygen atoms in total. The molecule has 0 saturated carbocycles. The van der Waals surface area contributed by atoms with Crippen molar-refractivity contribution in [2.24, 2.45) is 27.9 Å². The van der Waals surface area contributed by atoms with Crippen LogP contribution in [-0.4, -0.2) is 88.3 Å². The molecule has 40 heavy (non-hydrogen) atoms. The number of nitrogens with two attached hydrogens (primary N) is 4. The summed E-state index contributed by atoms with van der Waals surface area (Å²) in [7, 11) is 0. The molecule has 5 atom stereocenters. The Bertz CT molecular complexity index is 999. The van der Waals surface area contributed by atoms with Crippen LogP contribution in [0.2, 0.25) is 0 Å². The van der Waals surface area contributed by atoms with Crippen LogP contribution in [-0.2, 0) is 25.6 Å². The summed E-state index contributed by atoms with van der Waals surface area (Å²) < 4.78 is 0. The lowest BCUT2D eigenvalue weighted by atomic mass is 10.0. The fraction of sp³-hybridized carbons (Fsp3) is 0.560. The predicted molar refractivity (Wildman–Crippen MR) is 148 cm³/mol. The number of benzene rings is 1. The molecule has 5 unspecified atom stereocenters. The Morgan fingerprint density at radius 1 is 0.900 bits per heavy atom. The van der Waals surface area contributed by atoms with Crippen LogP contribution in [0.4, 0.5) is 0 Å². The third-order valence-corrected chi connectivity index (χ3v) is 5.94. The molecule has 0 heterocycles. The van der Waals surface area contributed by atoms with E-state index in [-0.39, 0.29) is 37.5 Å². The average Bonchev–Trinajstić information content (AvgIpc) is 2.89. The van der Waals surface area contributed by atoms with Crippen LogP contribution in [0.1, 0.15) is 44.6 Å². The summed E-state index contributed by atoms with van der Waals surface area (Å²) in [4.78, 5) is 54.5. The second kappa shape index (κ2) is 17.6. The van der Waals surface area contributed by atoms with Gasteiger partial charge >= 0.3 is 5.97 Å². The number of nitrogens with zero attached hydrogens (tertiary/aromatic N) is 1. The molecule has 1 rings (SSSR count). The molecule has 1 aromatic carbocycles. The second-order valence-electron chi connectivity index (χ2n) is 9.40. The molecule has 3 amide bonds. The number of guanidine groups is 1. The first-order chi connectivity index (χ1) is 18.8. The van der Waals surface area contributed by atoms with E-state index >= 15 is 0 Å². The van der Waals surface area contributed by atoms with E-state index in [1.54, 1.807) is 0 Å². The van der Waals surface area contributed by atoms with Crippen LogP contribution >= 0.6 is 0 Å². The summed E-state index contributed by atoms with van der Waals surface area (Å²) >= 11 is 0. The number of aliphatic hydroxyl groups excluding tert-OH is 1.